The van der Waals surface area contributed by atoms with Gasteiger partial charge in [0.2, 0.25) is 0 Å². The lowest BCUT2D eigenvalue weighted by Crippen LogP contribution is -2.24. The van der Waals surface area contributed by atoms with E-state index >= 15 is 0 Å². The summed E-state index contributed by atoms with van der Waals surface area (Å²) in [6.07, 6.45) is 0. The zero-order chi connectivity index (χ0) is 18.6. The van der Waals surface area contributed by atoms with E-state index in [4.69, 9.17) is 14.2 Å². The fourth-order valence-corrected chi connectivity index (χ4v) is 2.67. The lowest BCUT2D eigenvalue weighted by atomic mass is 10.1. The number of aromatic nitrogens is 1. The monoisotopic (exact) mass is 346 g/mol. The van der Waals surface area contributed by atoms with Gasteiger partial charge in [0.1, 0.15) is 17.2 Å². The predicted molar refractivity (Wildman–Crippen MR) is 92.3 cm³/mol. The van der Waals surface area contributed by atoms with Crippen molar-refractivity contribution < 1.29 is 23.8 Å². The number of H-pyrrole nitrogens is 1. The lowest BCUT2D eigenvalue weighted by molar-refractivity contribution is 0.0599. The van der Waals surface area contributed by atoms with E-state index in [1.807, 2.05) is 0 Å². The lowest BCUT2D eigenvalue weighted by Gasteiger charge is -2.11. The van der Waals surface area contributed by atoms with Crippen LogP contribution in [0.2, 0.25) is 0 Å². The SMILES string of the molecule is COC(=O)c1c(C)[nH]c(C(=O)NCc2cc(OC)ccc2OC)c1C. The van der Waals surface area contributed by atoms with Crippen molar-refractivity contribution >= 4 is 11.9 Å². The number of ether oxygens (including phenoxy) is 3. The number of amides is 1. The Balaban J connectivity index is 2.20. The first-order valence-corrected chi connectivity index (χ1v) is 7.69. The number of aryl methyl sites for hydroxylation is 1. The van der Waals surface area contributed by atoms with Crippen molar-refractivity contribution in [2.45, 2.75) is 20.4 Å². The van der Waals surface area contributed by atoms with Crippen molar-refractivity contribution in [3.05, 3.63) is 46.3 Å². The van der Waals surface area contributed by atoms with Gasteiger partial charge in [-0.3, -0.25) is 4.79 Å². The summed E-state index contributed by atoms with van der Waals surface area (Å²) in [6.45, 7) is 3.68. The quantitative estimate of drug-likeness (QED) is 0.784. The van der Waals surface area contributed by atoms with Crippen molar-refractivity contribution in [1.82, 2.24) is 10.3 Å². The highest BCUT2D eigenvalue weighted by molar-refractivity contribution is 6.00. The van der Waals surface area contributed by atoms with Crippen LogP contribution in [-0.4, -0.2) is 38.2 Å². The molecule has 0 unspecified atom stereocenters. The van der Waals surface area contributed by atoms with Crippen LogP contribution in [-0.2, 0) is 11.3 Å². The summed E-state index contributed by atoms with van der Waals surface area (Å²) in [5, 5.41) is 2.82. The molecule has 2 rings (SSSR count). The highest BCUT2D eigenvalue weighted by atomic mass is 16.5. The first kappa shape index (κ1) is 18.4. The van der Waals surface area contributed by atoms with Gasteiger partial charge in [0.25, 0.3) is 5.91 Å². The van der Waals surface area contributed by atoms with Gasteiger partial charge in [0.05, 0.1) is 26.9 Å². The van der Waals surface area contributed by atoms with E-state index in [-0.39, 0.29) is 12.5 Å². The van der Waals surface area contributed by atoms with Gasteiger partial charge in [-0.1, -0.05) is 0 Å². The third-order valence-corrected chi connectivity index (χ3v) is 3.98. The van der Waals surface area contributed by atoms with Crippen molar-refractivity contribution in [3.8, 4) is 11.5 Å². The molecular weight excluding hydrogens is 324 g/mol. The van der Waals surface area contributed by atoms with E-state index in [9.17, 15) is 9.59 Å². The standard InChI is InChI=1S/C18H22N2O5/c1-10-15(18(22)25-5)11(2)20-16(10)17(21)19-9-12-8-13(23-3)6-7-14(12)24-4/h6-8,20H,9H2,1-5H3,(H,19,21). The minimum Gasteiger partial charge on any atom is -0.497 e. The van der Waals surface area contributed by atoms with Crippen LogP contribution in [0.1, 0.15) is 37.7 Å². The summed E-state index contributed by atoms with van der Waals surface area (Å²) < 4.78 is 15.3. The van der Waals surface area contributed by atoms with Crippen LogP contribution in [0.4, 0.5) is 0 Å². The third-order valence-electron chi connectivity index (χ3n) is 3.98. The van der Waals surface area contributed by atoms with E-state index in [1.54, 1.807) is 46.3 Å². The summed E-state index contributed by atoms with van der Waals surface area (Å²) in [7, 11) is 4.45. The molecule has 0 aliphatic rings. The maximum Gasteiger partial charge on any atom is 0.339 e. The molecule has 0 atom stereocenters. The summed E-state index contributed by atoms with van der Waals surface area (Å²) in [5.41, 5.74) is 2.64. The van der Waals surface area contributed by atoms with Crippen LogP contribution < -0.4 is 14.8 Å². The number of methoxy groups -OCH3 is 3. The molecule has 1 heterocycles. The van der Waals surface area contributed by atoms with Crippen molar-refractivity contribution in [2.75, 3.05) is 21.3 Å². The Morgan fingerprint density at radius 1 is 1.12 bits per heavy atom. The van der Waals surface area contributed by atoms with Crippen LogP contribution in [0, 0.1) is 13.8 Å². The zero-order valence-corrected chi connectivity index (χ0v) is 15.0. The molecule has 0 spiro atoms. The molecule has 2 N–H and O–H groups in total. The molecule has 1 amide bonds. The number of esters is 1. The molecule has 1 aromatic heterocycles. The minimum absolute atomic E-state index is 0.254. The van der Waals surface area contributed by atoms with Gasteiger partial charge in [-0.25, -0.2) is 4.79 Å². The molecule has 7 heteroatoms. The normalized spacial score (nSPS) is 10.3. The van der Waals surface area contributed by atoms with Crippen LogP contribution in [0.25, 0.3) is 0 Å². The molecular formula is C18H22N2O5. The van der Waals surface area contributed by atoms with Gasteiger partial charge in [0.15, 0.2) is 0 Å². The summed E-state index contributed by atoms with van der Waals surface area (Å²) in [5.74, 6) is 0.529. The first-order valence-electron chi connectivity index (χ1n) is 7.69. The molecule has 0 radical (unpaired) electrons. The van der Waals surface area contributed by atoms with Crippen LogP contribution in [0.5, 0.6) is 11.5 Å². The van der Waals surface area contributed by atoms with Crippen molar-refractivity contribution in [2.24, 2.45) is 0 Å². The maximum atomic E-state index is 12.5. The smallest absolute Gasteiger partial charge is 0.339 e. The third kappa shape index (κ3) is 3.76. The fraction of sp³-hybridized carbons (Fsp3) is 0.333. The number of hydrogen-bond donors (Lipinski definition) is 2. The second-order valence-corrected chi connectivity index (χ2v) is 5.48. The van der Waals surface area contributed by atoms with Crippen LogP contribution in [0.3, 0.4) is 0 Å². The number of carbonyl (C=O) groups excluding carboxylic acids is 2. The summed E-state index contributed by atoms with van der Waals surface area (Å²) >= 11 is 0. The van der Waals surface area contributed by atoms with Crippen LogP contribution in [0.15, 0.2) is 18.2 Å². The zero-order valence-electron chi connectivity index (χ0n) is 15.0. The summed E-state index contributed by atoms with van der Waals surface area (Å²) in [4.78, 5) is 27.3. The molecule has 0 aliphatic carbocycles. The van der Waals surface area contributed by atoms with Crippen molar-refractivity contribution in [1.29, 1.82) is 0 Å². The van der Waals surface area contributed by atoms with Crippen LogP contribution >= 0.6 is 0 Å². The number of benzene rings is 1. The Bertz CT molecular complexity index is 795. The van der Waals surface area contributed by atoms with E-state index in [0.29, 0.717) is 34.0 Å². The number of hydrogen-bond acceptors (Lipinski definition) is 5. The Hall–Kier alpha value is -2.96. The molecule has 7 nitrogen and oxygen atoms in total. The van der Waals surface area contributed by atoms with Gasteiger partial charge in [-0.15, -0.1) is 0 Å². The fourth-order valence-electron chi connectivity index (χ4n) is 2.67. The molecule has 25 heavy (non-hydrogen) atoms. The van der Waals surface area contributed by atoms with Gasteiger partial charge in [0, 0.05) is 17.8 Å². The Labute approximate surface area is 146 Å². The average Bonchev–Trinajstić information content (AvgIpc) is 2.93. The molecule has 2 aromatic rings. The van der Waals surface area contributed by atoms with Gasteiger partial charge in [-0.2, -0.15) is 0 Å². The second kappa shape index (κ2) is 7.74. The number of nitrogens with one attached hydrogen (secondary N) is 2. The number of aromatic amines is 1. The summed E-state index contributed by atoms with van der Waals surface area (Å²) in [6, 6.07) is 5.36. The highest BCUT2D eigenvalue weighted by Crippen LogP contribution is 2.24. The second-order valence-electron chi connectivity index (χ2n) is 5.48. The minimum atomic E-state index is -0.472. The Kier molecular flexibility index (Phi) is 5.69. The molecule has 0 saturated heterocycles. The molecule has 134 valence electrons. The van der Waals surface area contributed by atoms with E-state index in [1.165, 1.54) is 7.11 Å². The molecule has 0 fully saturated rings. The average molecular weight is 346 g/mol. The topological polar surface area (TPSA) is 89.7 Å². The largest absolute Gasteiger partial charge is 0.497 e. The Morgan fingerprint density at radius 2 is 1.84 bits per heavy atom. The predicted octanol–water partition coefficient (Wildman–Crippen LogP) is 2.37. The van der Waals surface area contributed by atoms with E-state index in [0.717, 1.165) is 5.56 Å². The molecule has 0 bridgehead atoms. The Morgan fingerprint density at radius 3 is 2.44 bits per heavy atom. The molecule has 0 saturated carbocycles. The number of carbonyl (C=O) groups is 2. The van der Waals surface area contributed by atoms with E-state index < -0.39 is 5.97 Å². The number of rotatable bonds is 6. The van der Waals surface area contributed by atoms with E-state index in [2.05, 4.69) is 10.3 Å². The first-order chi connectivity index (χ1) is 11.9. The maximum absolute atomic E-state index is 12.5. The van der Waals surface area contributed by atoms with Gasteiger partial charge in [-0.05, 0) is 37.6 Å². The molecule has 0 aliphatic heterocycles. The molecule has 1 aromatic carbocycles. The van der Waals surface area contributed by atoms with Gasteiger partial charge < -0.3 is 24.5 Å². The van der Waals surface area contributed by atoms with Crippen molar-refractivity contribution in [3.63, 3.8) is 0 Å². The highest BCUT2D eigenvalue weighted by Gasteiger charge is 2.22. The van der Waals surface area contributed by atoms with Gasteiger partial charge >= 0.3 is 5.97 Å².